The fraction of sp³-hybridized carbons (Fsp3) is 0.316. The number of para-hydroxylation sites is 2. The number of nitrogens with two attached hydrogens (primary N) is 1. The molecular weight excluding hydrogens is 289 g/mol. The molecule has 120 valence electrons. The Bertz CT molecular complexity index is 794. The van der Waals surface area contributed by atoms with Crippen LogP contribution < -0.4 is 5.73 Å². The van der Waals surface area contributed by atoms with Gasteiger partial charge in [0.15, 0.2) is 0 Å². The summed E-state index contributed by atoms with van der Waals surface area (Å²) in [5.74, 6) is 0.640. The van der Waals surface area contributed by atoms with Crippen molar-refractivity contribution >= 4 is 11.0 Å². The summed E-state index contributed by atoms with van der Waals surface area (Å²) in [5.41, 5.74) is 8.92. The molecule has 0 radical (unpaired) electrons. The minimum atomic E-state index is -0.196. The zero-order chi connectivity index (χ0) is 16.2. The van der Waals surface area contributed by atoms with Crippen LogP contribution in [-0.4, -0.2) is 9.55 Å². The van der Waals surface area contributed by atoms with E-state index in [1.165, 1.54) is 6.07 Å². The van der Waals surface area contributed by atoms with Crippen molar-refractivity contribution < 1.29 is 4.39 Å². The molecule has 1 aromatic heterocycles. The first-order chi connectivity index (χ1) is 11.2. The largest absolute Gasteiger partial charge is 0.322 e. The third-order valence-electron chi connectivity index (χ3n) is 4.17. The van der Waals surface area contributed by atoms with E-state index < -0.39 is 0 Å². The number of hydrogen-bond donors (Lipinski definition) is 1. The molecule has 0 bridgehead atoms. The predicted octanol–water partition coefficient (Wildman–Crippen LogP) is 4.41. The molecule has 2 aromatic carbocycles. The zero-order valence-corrected chi connectivity index (χ0v) is 13.4. The normalized spacial score (nSPS) is 12.7. The second-order valence-corrected chi connectivity index (χ2v) is 5.88. The molecule has 3 nitrogen and oxygen atoms in total. The molecule has 0 fully saturated rings. The lowest BCUT2D eigenvalue weighted by molar-refractivity contribution is 0.543. The van der Waals surface area contributed by atoms with Gasteiger partial charge in [-0.15, -0.1) is 0 Å². The Morgan fingerprint density at radius 2 is 1.87 bits per heavy atom. The molecule has 0 aliphatic carbocycles. The summed E-state index contributed by atoms with van der Waals surface area (Å²) in [7, 11) is 0. The highest BCUT2D eigenvalue weighted by molar-refractivity contribution is 5.76. The monoisotopic (exact) mass is 311 g/mol. The molecule has 0 aliphatic rings. The van der Waals surface area contributed by atoms with Crippen molar-refractivity contribution in [3.63, 3.8) is 0 Å². The van der Waals surface area contributed by atoms with Crippen molar-refractivity contribution in [2.45, 2.75) is 38.8 Å². The van der Waals surface area contributed by atoms with Crippen LogP contribution in [0.5, 0.6) is 0 Å². The number of fused-ring (bicyclic) bond motifs is 1. The summed E-state index contributed by atoms with van der Waals surface area (Å²) < 4.78 is 16.1. The second-order valence-electron chi connectivity index (χ2n) is 5.88. The summed E-state index contributed by atoms with van der Waals surface area (Å²) in [6.07, 6.45) is 3.04. The van der Waals surface area contributed by atoms with Gasteiger partial charge in [-0.3, -0.25) is 0 Å². The molecule has 0 aliphatic heterocycles. The highest BCUT2D eigenvalue weighted by Crippen LogP contribution is 2.24. The van der Waals surface area contributed by atoms with Crippen molar-refractivity contribution in [3.05, 3.63) is 65.7 Å². The van der Waals surface area contributed by atoms with Crippen molar-refractivity contribution in [2.24, 2.45) is 5.73 Å². The van der Waals surface area contributed by atoms with E-state index in [0.717, 1.165) is 36.1 Å². The van der Waals surface area contributed by atoms with Gasteiger partial charge < -0.3 is 10.3 Å². The van der Waals surface area contributed by atoms with E-state index in [1.54, 1.807) is 6.07 Å². The SMILES string of the molecule is CCCCC(N)c1nc2ccccc2n1Cc1ccccc1F. The lowest BCUT2D eigenvalue weighted by atomic mass is 10.1. The van der Waals surface area contributed by atoms with Crippen molar-refractivity contribution in [2.75, 3.05) is 0 Å². The van der Waals surface area contributed by atoms with Crippen LogP contribution >= 0.6 is 0 Å². The van der Waals surface area contributed by atoms with Gasteiger partial charge in [0.25, 0.3) is 0 Å². The molecule has 0 saturated carbocycles. The maximum atomic E-state index is 14.1. The predicted molar refractivity (Wildman–Crippen MR) is 91.7 cm³/mol. The van der Waals surface area contributed by atoms with Gasteiger partial charge in [-0.25, -0.2) is 9.37 Å². The number of unbranched alkanes of at least 4 members (excludes halogenated alkanes) is 1. The van der Waals surface area contributed by atoms with Crippen LogP contribution in [0.3, 0.4) is 0 Å². The van der Waals surface area contributed by atoms with Crippen LogP contribution in [0.2, 0.25) is 0 Å². The molecule has 2 N–H and O–H groups in total. The number of aromatic nitrogens is 2. The Kier molecular flexibility index (Phi) is 4.72. The lowest BCUT2D eigenvalue weighted by Gasteiger charge is -2.15. The van der Waals surface area contributed by atoms with Gasteiger partial charge in [-0.05, 0) is 24.6 Å². The van der Waals surface area contributed by atoms with Gasteiger partial charge >= 0.3 is 0 Å². The zero-order valence-electron chi connectivity index (χ0n) is 13.4. The topological polar surface area (TPSA) is 43.8 Å². The molecule has 3 aromatic rings. The van der Waals surface area contributed by atoms with Crippen LogP contribution in [0.25, 0.3) is 11.0 Å². The number of halogens is 1. The molecule has 23 heavy (non-hydrogen) atoms. The lowest BCUT2D eigenvalue weighted by Crippen LogP contribution is -2.17. The summed E-state index contributed by atoms with van der Waals surface area (Å²) in [5, 5.41) is 0. The number of rotatable bonds is 6. The molecule has 1 atom stereocenters. The minimum Gasteiger partial charge on any atom is -0.322 e. The van der Waals surface area contributed by atoms with E-state index in [9.17, 15) is 4.39 Å². The Morgan fingerprint density at radius 3 is 2.65 bits per heavy atom. The highest BCUT2D eigenvalue weighted by Gasteiger charge is 2.17. The number of hydrogen-bond acceptors (Lipinski definition) is 2. The Labute approximate surface area is 136 Å². The maximum absolute atomic E-state index is 14.1. The molecule has 0 amide bonds. The van der Waals surface area contributed by atoms with Crippen molar-refractivity contribution in [3.8, 4) is 0 Å². The molecule has 1 heterocycles. The highest BCUT2D eigenvalue weighted by atomic mass is 19.1. The molecule has 3 rings (SSSR count). The van der Waals surface area contributed by atoms with E-state index in [0.29, 0.717) is 12.1 Å². The fourth-order valence-corrected chi connectivity index (χ4v) is 2.89. The summed E-state index contributed by atoms with van der Waals surface area (Å²) in [6, 6.07) is 14.7. The minimum absolute atomic E-state index is 0.130. The average molecular weight is 311 g/mol. The third kappa shape index (κ3) is 3.27. The summed E-state index contributed by atoms with van der Waals surface area (Å²) in [6.45, 7) is 2.59. The van der Waals surface area contributed by atoms with Gasteiger partial charge in [-0.1, -0.05) is 50.1 Å². The van der Waals surface area contributed by atoms with Crippen LogP contribution in [-0.2, 0) is 6.54 Å². The first-order valence-corrected chi connectivity index (χ1v) is 8.15. The molecular formula is C19H22FN3. The van der Waals surface area contributed by atoms with Crippen molar-refractivity contribution in [1.82, 2.24) is 9.55 Å². The second kappa shape index (κ2) is 6.92. The molecule has 4 heteroatoms. The first-order valence-electron chi connectivity index (χ1n) is 8.15. The standard InChI is InChI=1S/C19H22FN3/c1-2-3-10-16(21)19-22-17-11-6-7-12-18(17)23(19)13-14-8-4-5-9-15(14)20/h4-9,11-12,16H,2-3,10,13,21H2,1H3. The summed E-state index contributed by atoms with van der Waals surface area (Å²) >= 11 is 0. The van der Waals surface area contributed by atoms with Gasteiger partial charge in [0.2, 0.25) is 0 Å². The Hall–Kier alpha value is -2.20. The quantitative estimate of drug-likeness (QED) is 0.732. The number of imidazole rings is 1. The molecule has 1 unspecified atom stereocenters. The van der Waals surface area contributed by atoms with E-state index in [4.69, 9.17) is 10.7 Å². The smallest absolute Gasteiger partial charge is 0.128 e. The van der Waals surface area contributed by atoms with E-state index in [2.05, 4.69) is 6.92 Å². The molecule has 0 spiro atoms. The van der Waals surface area contributed by atoms with E-state index in [1.807, 2.05) is 41.0 Å². The third-order valence-corrected chi connectivity index (χ3v) is 4.17. The van der Waals surface area contributed by atoms with Gasteiger partial charge in [0, 0.05) is 5.56 Å². The van der Waals surface area contributed by atoms with Gasteiger partial charge in [-0.2, -0.15) is 0 Å². The van der Waals surface area contributed by atoms with Gasteiger partial charge in [0.1, 0.15) is 11.6 Å². The Morgan fingerprint density at radius 1 is 1.13 bits per heavy atom. The number of benzene rings is 2. The van der Waals surface area contributed by atoms with Crippen LogP contribution in [0, 0.1) is 5.82 Å². The maximum Gasteiger partial charge on any atom is 0.128 e. The van der Waals surface area contributed by atoms with Crippen LogP contribution in [0.4, 0.5) is 4.39 Å². The Balaban J connectivity index is 2.04. The van der Waals surface area contributed by atoms with Crippen LogP contribution in [0.15, 0.2) is 48.5 Å². The first kappa shape index (κ1) is 15.7. The molecule has 0 saturated heterocycles. The van der Waals surface area contributed by atoms with Gasteiger partial charge in [0.05, 0.1) is 23.6 Å². The summed E-state index contributed by atoms with van der Waals surface area (Å²) in [4.78, 5) is 4.71. The van der Waals surface area contributed by atoms with E-state index >= 15 is 0 Å². The fourth-order valence-electron chi connectivity index (χ4n) is 2.89. The number of nitrogens with zero attached hydrogens (tertiary/aromatic N) is 2. The van der Waals surface area contributed by atoms with E-state index in [-0.39, 0.29) is 11.9 Å². The van der Waals surface area contributed by atoms with Crippen molar-refractivity contribution in [1.29, 1.82) is 0 Å². The average Bonchev–Trinajstić information content (AvgIpc) is 2.93. The van der Waals surface area contributed by atoms with Crippen LogP contribution in [0.1, 0.15) is 43.6 Å².